The second-order valence-electron chi connectivity index (χ2n) is 4.32. The van der Waals surface area contributed by atoms with Gasteiger partial charge in [-0.3, -0.25) is 10.1 Å². The van der Waals surface area contributed by atoms with Crippen LogP contribution in [-0.2, 0) is 16.6 Å². The summed E-state index contributed by atoms with van der Waals surface area (Å²) in [6.07, 6.45) is 0. The summed E-state index contributed by atoms with van der Waals surface area (Å²) in [5.74, 6) is 0. The van der Waals surface area contributed by atoms with Crippen LogP contribution in [0, 0.1) is 17.0 Å². The molecular weight excluding hydrogens is 314 g/mol. The van der Waals surface area contributed by atoms with E-state index < -0.39 is 20.6 Å². The van der Waals surface area contributed by atoms with E-state index >= 15 is 0 Å². The highest BCUT2D eigenvalue weighted by molar-refractivity contribution is 7.91. The van der Waals surface area contributed by atoms with Crippen molar-refractivity contribution in [2.45, 2.75) is 17.7 Å². The van der Waals surface area contributed by atoms with Gasteiger partial charge in [-0.1, -0.05) is 35.6 Å². The van der Waals surface area contributed by atoms with E-state index in [0.29, 0.717) is 11.3 Å². The molecule has 0 spiro atoms. The first kappa shape index (κ1) is 15.4. The molecule has 0 fully saturated rings. The lowest BCUT2D eigenvalue weighted by Gasteiger charge is -2.07. The number of sulfonamides is 1. The van der Waals surface area contributed by atoms with Crippen LogP contribution >= 0.6 is 11.3 Å². The molecule has 3 N–H and O–H groups in total. The number of nitrogens with two attached hydrogens (primary N) is 1. The van der Waals surface area contributed by atoms with Gasteiger partial charge in [-0.25, -0.2) is 13.1 Å². The van der Waals surface area contributed by atoms with Gasteiger partial charge in [-0.15, -0.1) is 0 Å². The fraction of sp³-hybridized carbons (Fsp3) is 0.167. The number of nitrogens with zero attached hydrogens (tertiary/aromatic N) is 1. The quantitative estimate of drug-likeness (QED) is 0.644. The topological polar surface area (TPSA) is 115 Å². The zero-order valence-electron chi connectivity index (χ0n) is 11.1. The van der Waals surface area contributed by atoms with Gasteiger partial charge in [0.25, 0.3) is 10.0 Å². The van der Waals surface area contributed by atoms with Crippen molar-refractivity contribution in [1.29, 1.82) is 0 Å². The molecule has 0 unspecified atom stereocenters. The maximum Gasteiger partial charge on any atom is 0.304 e. The van der Waals surface area contributed by atoms with Gasteiger partial charge >= 0.3 is 5.69 Å². The molecule has 2 aromatic rings. The van der Waals surface area contributed by atoms with Crippen LogP contribution in [0.4, 0.5) is 10.7 Å². The molecule has 2 rings (SSSR count). The van der Waals surface area contributed by atoms with Crippen molar-refractivity contribution >= 4 is 32.0 Å². The number of aryl methyl sites for hydroxylation is 1. The molecule has 0 bridgehead atoms. The summed E-state index contributed by atoms with van der Waals surface area (Å²) >= 11 is 0.675. The van der Waals surface area contributed by atoms with Gasteiger partial charge in [0.05, 0.1) is 4.92 Å². The summed E-state index contributed by atoms with van der Waals surface area (Å²) in [6.45, 7) is 1.98. The van der Waals surface area contributed by atoms with E-state index in [1.54, 1.807) is 0 Å². The van der Waals surface area contributed by atoms with Crippen molar-refractivity contribution in [2.75, 3.05) is 5.73 Å². The minimum atomic E-state index is -3.83. The van der Waals surface area contributed by atoms with Gasteiger partial charge in [0.15, 0.2) is 5.00 Å². The van der Waals surface area contributed by atoms with Gasteiger partial charge in [0, 0.05) is 12.6 Å². The Labute approximate surface area is 125 Å². The molecule has 0 atom stereocenters. The van der Waals surface area contributed by atoms with E-state index in [1.807, 2.05) is 31.2 Å². The molecule has 112 valence electrons. The predicted octanol–water partition coefficient (Wildman–Crippen LogP) is 2.03. The molecule has 0 aliphatic heterocycles. The van der Waals surface area contributed by atoms with Gasteiger partial charge in [0.2, 0.25) is 0 Å². The van der Waals surface area contributed by atoms with Crippen LogP contribution in [-0.4, -0.2) is 13.3 Å². The minimum Gasteiger partial charge on any atom is -0.385 e. The van der Waals surface area contributed by atoms with Crippen LogP contribution in [0.15, 0.2) is 34.5 Å². The highest BCUT2D eigenvalue weighted by atomic mass is 32.2. The average molecular weight is 327 g/mol. The second-order valence-corrected chi connectivity index (χ2v) is 7.40. The molecule has 0 aliphatic rings. The van der Waals surface area contributed by atoms with Gasteiger partial charge in [-0.05, 0) is 18.1 Å². The lowest BCUT2D eigenvalue weighted by Crippen LogP contribution is -2.22. The Kier molecular flexibility index (Phi) is 4.26. The molecule has 1 aromatic heterocycles. The number of thiophene rings is 1. The van der Waals surface area contributed by atoms with E-state index in [2.05, 4.69) is 4.72 Å². The number of hydrogen-bond donors (Lipinski definition) is 2. The summed E-state index contributed by atoms with van der Waals surface area (Å²) in [5, 5.41) is 10.6. The van der Waals surface area contributed by atoms with E-state index in [0.717, 1.165) is 17.2 Å². The number of anilines is 1. The van der Waals surface area contributed by atoms with Crippen molar-refractivity contribution in [3.63, 3.8) is 0 Å². The summed E-state index contributed by atoms with van der Waals surface area (Å²) in [4.78, 5) is 10.0. The monoisotopic (exact) mass is 327 g/mol. The highest BCUT2D eigenvalue weighted by Gasteiger charge is 2.24. The predicted molar refractivity (Wildman–Crippen MR) is 80.6 cm³/mol. The standard InChI is InChI=1S/C12H13N3O4S2/c1-8-4-2-3-5-9(8)7-14-21(18,19)11-6-10(15(16)17)12(13)20-11/h2-6,14H,7,13H2,1H3. The molecule has 1 heterocycles. The summed E-state index contributed by atoms with van der Waals surface area (Å²) in [7, 11) is -3.83. The minimum absolute atomic E-state index is 0.112. The van der Waals surface area contributed by atoms with Crippen molar-refractivity contribution in [1.82, 2.24) is 4.72 Å². The maximum absolute atomic E-state index is 12.1. The first-order chi connectivity index (χ1) is 9.81. The summed E-state index contributed by atoms with van der Waals surface area (Å²) < 4.78 is 26.5. The molecule has 7 nitrogen and oxygen atoms in total. The third-order valence-corrected chi connectivity index (χ3v) is 5.72. The number of hydrogen-bond acceptors (Lipinski definition) is 6. The smallest absolute Gasteiger partial charge is 0.304 e. The molecular formula is C12H13N3O4S2. The fourth-order valence-corrected chi connectivity index (χ4v) is 3.97. The maximum atomic E-state index is 12.1. The van der Waals surface area contributed by atoms with Crippen LogP contribution in [0.2, 0.25) is 0 Å². The zero-order valence-corrected chi connectivity index (χ0v) is 12.7. The Balaban J connectivity index is 2.21. The number of nitrogen functional groups attached to an aromatic ring is 1. The molecule has 9 heteroatoms. The Bertz CT molecular complexity index is 784. The van der Waals surface area contributed by atoms with Crippen molar-refractivity contribution in [2.24, 2.45) is 0 Å². The second kappa shape index (κ2) is 5.80. The Morgan fingerprint density at radius 3 is 2.62 bits per heavy atom. The summed E-state index contributed by atoms with van der Waals surface area (Å²) in [6, 6.07) is 8.32. The molecule has 0 radical (unpaired) electrons. The van der Waals surface area contributed by atoms with Crippen LogP contribution in [0.25, 0.3) is 0 Å². The van der Waals surface area contributed by atoms with Crippen LogP contribution in [0.1, 0.15) is 11.1 Å². The SMILES string of the molecule is Cc1ccccc1CNS(=O)(=O)c1cc([N+](=O)[O-])c(N)s1. The Hall–Kier alpha value is -1.97. The largest absolute Gasteiger partial charge is 0.385 e. The Morgan fingerprint density at radius 2 is 2.05 bits per heavy atom. The number of benzene rings is 1. The average Bonchev–Trinajstić information content (AvgIpc) is 2.81. The van der Waals surface area contributed by atoms with Crippen molar-refractivity contribution < 1.29 is 13.3 Å². The number of rotatable bonds is 5. The van der Waals surface area contributed by atoms with Crippen LogP contribution < -0.4 is 10.5 Å². The van der Waals surface area contributed by atoms with Crippen molar-refractivity contribution in [3.8, 4) is 0 Å². The van der Waals surface area contributed by atoms with Gasteiger partial charge in [-0.2, -0.15) is 0 Å². The van der Waals surface area contributed by atoms with Crippen LogP contribution in [0.5, 0.6) is 0 Å². The first-order valence-corrected chi connectivity index (χ1v) is 8.19. The lowest BCUT2D eigenvalue weighted by molar-refractivity contribution is -0.383. The summed E-state index contributed by atoms with van der Waals surface area (Å²) in [5.41, 5.74) is 6.85. The number of nitrogens with one attached hydrogen (secondary N) is 1. The molecule has 0 saturated carbocycles. The van der Waals surface area contributed by atoms with E-state index in [-0.39, 0.29) is 15.8 Å². The molecule has 0 aliphatic carbocycles. The van der Waals surface area contributed by atoms with E-state index in [1.165, 1.54) is 0 Å². The zero-order chi connectivity index (χ0) is 15.6. The third-order valence-electron chi connectivity index (χ3n) is 2.89. The van der Waals surface area contributed by atoms with Gasteiger partial charge in [0.1, 0.15) is 4.21 Å². The van der Waals surface area contributed by atoms with E-state index in [4.69, 9.17) is 5.73 Å². The van der Waals surface area contributed by atoms with Crippen molar-refractivity contribution in [3.05, 3.63) is 51.6 Å². The fourth-order valence-electron chi connectivity index (χ4n) is 1.70. The molecule has 0 saturated heterocycles. The third kappa shape index (κ3) is 3.38. The first-order valence-electron chi connectivity index (χ1n) is 5.89. The Morgan fingerprint density at radius 1 is 1.38 bits per heavy atom. The normalized spacial score (nSPS) is 11.5. The van der Waals surface area contributed by atoms with E-state index in [9.17, 15) is 18.5 Å². The molecule has 1 aromatic carbocycles. The molecule has 0 amide bonds. The van der Waals surface area contributed by atoms with Crippen LogP contribution in [0.3, 0.4) is 0 Å². The number of nitro groups is 1. The highest BCUT2D eigenvalue weighted by Crippen LogP contribution is 2.34. The van der Waals surface area contributed by atoms with Gasteiger partial charge < -0.3 is 5.73 Å². The molecule has 21 heavy (non-hydrogen) atoms. The lowest BCUT2D eigenvalue weighted by atomic mass is 10.1.